The molecule has 1 aromatic heterocycles. The number of hydrogen-bond donors (Lipinski definition) is 2. The number of rotatable bonds is 11. The first-order valence-corrected chi connectivity index (χ1v) is 14.6. The first kappa shape index (κ1) is 31.6. The summed E-state index contributed by atoms with van der Waals surface area (Å²) in [5.74, 6) is -1.25. The maximum Gasteiger partial charge on any atom is 0.409 e. The first-order valence-electron chi connectivity index (χ1n) is 14.6. The highest BCUT2D eigenvalue weighted by molar-refractivity contribution is 5.97. The van der Waals surface area contributed by atoms with E-state index in [0.29, 0.717) is 44.5 Å². The number of piperazine rings is 1. The Kier molecular flexibility index (Phi) is 11.2. The van der Waals surface area contributed by atoms with E-state index in [2.05, 4.69) is 15.3 Å². The molecule has 1 aromatic carbocycles. The summed E-state index contributed by atoms with van der Waals surface area (Å²) in [4.78, 5) is 63.0. The number of aliphatic carboxylic acids is 1. The van der Waals surface area contributed by atoms with Crippen LogP contribution in [0.5, 0.6) is 0 Å². The number of nitrogens with one attached hydrogen (secondary N) is 1. The standard InChI is InChI=1S/C29H39N7O7/c1-3-36(35-16-18-42-19-17-35)24-20-23(30-26(32-24)21-8-6-5-7-9-21)27(39)31-22(10-11-25(37)38)28(40)33-12-14-34(15-13-33)29(41)43-4-2/h5-9,20,22H,3-4,10-19H2,1-2H3,(H,31,39)(H,37,38). The molecule has 2 aliphatic heterocycles. The second-order valence-corrected chi connectivity index (χ2v) is 10.1. The Labute approximate surface area is 250 Å². The van der Waals surface area contributed by atoms with E-state index < -0.39 is 29.9 Å². The minimum absolute atomic E-state index is 0.0517. The summed E-state index contributed by atoms with van der Waals surface area (Å²) >= 11 is 0. The molecule has 14 heteroatoms. The smallest absolute Gasteiger partial charge is 0.409 e. The van der Waals surface area contributed by atoms with E-state index in [-0.39, 0.29) is 51.3 Å². The van der Waals surface area contributed by atoms with Crippen molar-refractivity contribution in [3.05, 3.63) is 42.1 Å². The molecule has 0 aliphatic carbocycles. The van der Waals surface area contributed by atoms with Gasteiger partial charge < -0.3 is 29.7 Å². The molecule has 0 saturated carbocycles. The van der Waals surface area contributed by atoms with Crippen molar-refractivity contribution in [3.8, 4) is 11.4 Å². The predicted octanol–water partition coefficient (Wildman–Crippen LogP) is 1.48. The summed E-state index contributed by atoms with van der Waals surface area (Å²) in [6, 6.07) is 9.76. The Morgan fingerprint density at radius 1 is 1.00 bits per heavy atom. The Bertz CT molecular complexity index is 1270. The molecule has 2 saturated heterocycles. The largest absolute Gasteiger partial charge is 0.481 e. The number of hydrogen-bond acceptors (Lipinski definition) is 10. The number of anilines is 1. The van der Waals surface area contributed by atoms with Gasteiger partial charge in [0.15, 0.2) is 5.82 Å². The Morgan fingerprint density at radius 2 is 1.67 bits per heavy atom. The fourth-order valence-corrected chi connectivity index (χ4v) is 5.00. The van der Waals surface area contributed by atoms with Crippen LogP contribution in [0.4, 0.5) is 10.6 Å². The van der Waals surface area contributed by atoms with Crippen molar-refractivity contribution in [2.24, 2.45) is 0 Å². The first-order chi connectivity index (χ1) is 20.8. The highest BCUT2D eigenvalue weighted by atomic mass is 16.6. The Morgan fingerprint density at radius 3 is 2.30 bits per heavy atom. The van der Waals surface area contributed by atoms with Crippen LogP contribution in [0.25, 0.3) is 11.4 Å². The van der Waals surface area contributed by atoms with E-state index in [9.17, 15) is 24.3 Å². The number of carboxylic acid groups (broad SMARTS) is 1. The number of ether oxygens (including phenoxy) is 2. The maximum atomic E-state index is 13.7. The summed E-state index contributed by atoms with van der Waals surface area (Å²) in [5, 5.41) is 16.2. The van der Waals surface area contributed by atoms with Crippen LogP contribution < -0.4 is 10.3 Å². The van der Waals surface area contributed by atoms with Crippen LogP contribution in [-0.4, -0.2) is 125 Å². The van der Waals surface area contributed by atoms with Gasteiger partial charge in [0.05, 0.1) is 19.8 Å². The van der Waals surface area contributed by atoms with Crippen LogP contribution in [0.3, 0.4) is 0 Å². The highest BCUT2D eigenvalue weighted by Crippen LogP contribution is 2.22. The lowest BCUT2D eigenvalue weighted by Crippen LogP contribution is -2.56. The van der Waals surface area contributed by atoms with E-state index in [1.165, 1.54) is 9.80 Å². The number of amides is 3. The van der Waals surface area contributed by atoms with Gasteiger partial charge in [-0.3, -0.25) is 19.4 Å². The lowest BCUT2D eigenvalue weighted by atomic mass is 10.1. The summed E-state index contributed by atoms with van der Waals surface area (Å²) in [5.41, 5.74) is 0.769. The minimum Gasteiger partial charge on any atom is -0.481 e. The van der Waals surface area contributed by atoms with Crippen LogP contribution in [0, 0.1) is 0 Å². The van der Waals surface area contributed by atoms with Gasteiger partial charge in [-0.2, -0.15) is 0 Å². The van der Waals surface area contributed by atoms with E-state index in [0.717, 1.165) is 5.56 Å². The van der Waals surface area contributed by atoms with Gasteiger partial charge in [0.25, 0.3) is 5.91 Å². The van der Waals surface area contributed by atoms with Gasteiger partial charge in [-0.05, 0) is 20.3 Å². The van der Waals surface area contributed by atoms with Crippen molar-refractivity contribution in [1.82, 2.24) is 30.1 Å². The number of hydrazine groups is 1. The van der Waals surface area contributed by atoms with Gasteiger partial charge in [-0.25, -0.2) is 19.8 Å². The third-order valence-electron chi connectivity index (χ3n) is 7.24. The molecule has 43 heavy (non-hydrogen) atoms. The highest BCUT2D eigenvalue weighted by Gasteiger charge is 2.32. The molecule has 0 spiro atoms. The van der Waals surface area contributed by atoms with Crippen LogP contribution >= 0.6 is 0 Å². The fraction of sp³-hybridized carbons (Fsp3) is 0.517. The number of benzene rings is 1. The molecular weight excluding hydrogens is 558 g/mol. The monoisotopic (exact) mass is 597 g/mol. The van der Waals surface area contributed by atoms with Gasteiger partial charge in [-0.15, -0.1) is 0 Å². The molecule has 3 heterocycles. The van der Waals surface area contributed by atoms with Crippen LogP contribution in [0.2, 0.25) is 0 Å². The molecule has 2 N–H and O–H groups in total. The van der Waals surface area contributed by atoms with Crippen LogP contribution in [0.15, 0.2) is 36.4 Å². The van der Waals surface area contributed by atoms with Gasteiger partial charge in [0.1, 0.15) is 17.6 Å². The van der Waals surface area contributed by atoms with Crippen LogP contribution in [0.1, 0.15) is 37.2 Å². The molecule has 3 amide bonds. The predicted molar refractivity (Wildman–Crippen MR) is 156 cm³/mol. The fourth-order valence-electron chi connectivity index (χ4n) is 5.00. The number of nitrogens with zero attached hydrogens (tertiary/aromatic N) is 6. The summed E-state index contributed by atoms with van der Waals surface area (Å²) in [6.45, 7) is 8.03. The molecule has 2 aliphatic rings. The van der Waals surface area contributed by atoms with Crippen LogP contribution in [-0.2, 0) is 19.1 Å². The summed E-state index contributed by atoms with van der Waals surface area (Å²) in [7, 11) is 0. The number of carboxylic acids is 1. The maximum absolute atomic E-state index is 13.7. The van der Waals surface area contributed by atoms with Gasteiger partial charge in [-0.1, -0.05) is 30.3 Å². The Hall–Kier alpha value is -4.30. The minimum atomic E-state index is -1.10. The molecule has 2 fully saturated rings. The summed E-state index contributed by atoms with van der Waals surface area (Å²) in [6.07, 6.45) is -0.863. The average Bonchev–Trinajstić information content (AvgIpc) is 3.04. The lowest BCUT2D eigenvalue weighted by molar-refractivity contribution is -0.138. The van der Waals surface area contributed by atoms with E-state index >= 15 is 0 Å². The topological polar surface area (TPSA) is 158 Å². The second kappa shape index (κ2) is 15.3. The van der Waals surface area contributed by atoms with Crippen molar-refractivity contribution in [2.75, 3.05) is 70.6 Å². The number of aromatic nitrogens is 2. The molecule has 14 nitrogen and oxygen atoms in total. The molecule has 1 atom stereocenters. The molecule has 0 bridgehead atoms. The molecule has 2 aromatic rings. The quantitative estimate of drug-likeness (QED) is 0.387. The SMILES string of the molecule is CCOC(=O)N1CCN(C(=O)C(CCC(=O)O)NC(=O)c2cc(N(CC)N3CCOCC3)nc(-c3ccccc3)n2)CC1. The lowest BCUT2D eigenvalue weighted by Gasteiger charge is -2.37. The zero-order valence-corrected chi connectivity index (χ0v) is 24.6. The number of carbonyl (C=O) groups is 4. The number of carbonyl (C=O) groups excluding carboxylic acids is 3. The summed E-state index contributed by atoms with van der Waals surface area (Å²) < 4.78 is 10.5. The molecule has 4 rings (SSSR count). The molecular formula is C29H39N7O7. The van der Waals surface area contributed by atoms with Gasteiger partial charge >= 0.3 is 12.1 Å². The van der Waals surface area contributed by atoms with Gasteiger partial charge in [0, 0.05) is 63.9 Å². The third-order valence-corrected chi connectivity index (χ3v) is 7.24. The zero-order chi connectivity index (χ0) is 30.8. The van der Waals surface area contributed by atoms with Crippen molar-refractivity contribution in [2.45, 2.75) is 32.7 Å². The van der Waals surface area contributed by atoms with Crippen molar-refractivity contribution < 1.29 is 33.8 Å². The third kappa shape index (κ3) is 8.38. The van der Waals surface area contributed by atoms with Crippen molar-refractivity contribution >= 4 is 29.7 Å². The second-order valence-electron chi connectivity index (χ2n) is 10.1. The molecule has 0 radical (unpaired) electrons. The van der Waals surface area contributed by atoms with E-state index in [4.69, 9.17) is 14.5 Å². The van der Waals surface area contributed by atoms with Gasteiger partial charge in [0.2, 0.25) is 5.91 Å². The normalized spacial score (nSPS) is 16.3. The zero-order valence-electron chi connectivity index (χ0n) is 24.6. The van der Waals surface area contributed by atoms with E-state index in [1.54, 1.807) is 13.0 Å². The van der Waals surface area contributed by atoms with E-state index in [1.807, 2.05) is 42.3 Å². The van der Waals surface area contributed by atoms with Crippen molar-refractivity contribution in [1.29, 1.82) is 0 Å². The van der Waals surface area contributed by atoms with Crippen molar-refractivity contribution in [3.63, 3.8) is 0 Å². The number of morpholine rings is 1. The Balaban J connectivity index is 1.58. The molecule has 1 unspecified atom stereocenters. The molecule has 232 valence electrons. The average molecular weight is 598 g/mol.